The van der Waals surface area contributed by atoms with Crippen LogP contribution in [0.1, 0.15) is 0 Å². The standard InChI is InChI=1S/C9H11BN2O/c10-8-5-9(7-11-6-8)12-1-3-13-4-2-12/h5-7H,1-4H2. The molecule has 3 nitrogen and oxygen atoms in total. The van der Waals surface area contributed by atoms with E-state index < -0.39 is 0 Å². The molecule has 2 heterocycles. The minimum atomic E-state index is 0.712. The van der Waals surface area contributed by atoms with Crippen LogP contribution in [0.25, 0.3) is 0 Å². The average molecular weight is 174 g/mol. The highest BCUT2D eigenvalue weighted by Gasteiger charge is 2.10. The number of rotatable bonds is 1. The van der Waals surface area contributed by atoms with E-state index >= 15 is 0 Å². The highest BCUT2D eigenvalue weighted by molar-refractivity contribution is 6.32. The number of aromatic nitrogens is 1. The van der Waals surface area contributed by atoms with Crippen LogP contribution in [-0.2, 0) is 4.74 Å². The number of ether oxygens (including phenoxy) is 1. The van der Waals surface area contributed by atoms with Gasteiger partial charge in [0.15, 0.2) is 0 Å². The number of morpholine rings is 1. The molecule has 0 aliphatic carbocycles. The maximum Gasteiger partial charge on any atom is 0.116 e. The van der Waals surface area contributed by atoms with Crippen LogP contribution in [0.3, 0.4) is 0 Å². The van der Waals surface area contributed by atoms with Crippen molar-refractivity contribution in [1.29, 1.82) is 0 Å². The van der Waals surface area contributed by atoms with Crippen molar-refractivity contribution in [2.45, 2.75) is 0 Å². The fourth-order valence-corrected chi connectivity index (χ4v) is 1.44. The van der Waals surface area contributed by atoms with Gasteiger partial charge in [0.05, 0.1) is 25.1 Å². The monoisotopic (exact) mass is 174 g/mol. The molecule has 1 aromatic rings. The Morgan fingerprint density at radius 3 is 2.77 bits per heavy atom. The molecule has 1 aliphatic heterocycles. The zero-order valence-corrected chi connectivity index (χ0v) is 7.44. The Bertz CT molecular complexity index is 287. The lowest BCUT2D eigenvalue weighted by Crippen LogP contribution is -2.36. The smallest absolute Gasteiger partial charge is 0.116 e. The summed E-state index contributed by atoms with van der Waals surface area (Å²) in [5.41, 5.74) is 1.80. The Balaban J connectivity index is 2.14. The van der Waals surface area contributed by atoms with Crippen molar-refractivity contribution in [3.8, 4) is 0 Å². The quantitative estimate of drug-likeness (QED) is 0.547. The summed E-state index contributed by atoms with van der Waals surface area (Å²) in [7, 11) is 5.64. The van der Waals surface area contributed by atoms with E-state index in [1.807, 2.05) is 12.3 Å². The van der Waals surface area contributed by atoms with Crippen molar-refractivity contribution >= 4 is 19.0 Å². The summed E-state index contributed by atoms with van der Waals surface area (Å²) >= 11 is 0. The largest absolute Gasteiger partial charge is 0.378 e. The Kier molecular flexibility index (Phi) is 2.50. The van der Waals surface area contributed by atoms with Crippen LogP contribution >= 0.6 is 0 Å². The second kappa shape index (κ2) is 3.79. The van der Waals surface area contributed by atoms with Gasteiger partial charge in [0.1, 0.15) is 7.85 Å². The second-order valence-corrected chi connectivity index (χ2v) is 3.08. The Labute approximate surface area is 79.1 Å². The number of nitrogens with zero attached hydrogens (tertiary/aromatic N) is 2. The van der Waals surface area contributed by atoms with Crippen LogP contribution < -0.4 is 10.4 Å². The zero-order chi connectivity index (χ0) is 9.10. The van der Waals surface area contributed by atoms with E-state index in [-0.39, 0.29) is 0 Å². The second-order valence-electron chi connectivity index (χ2n) is 3.08. The number of hydrogen-bond donors (Lipinski definition) is 0. The molecule has 4 heteroatoms. The topological polar surface area (TPSA) is 25.4 Å². The minimum Gasteiger partial charge on any atom is -0.378 e. The molecule has 2 rings (SSSR count). The first-order chi connectivity index (χ1) is 6.36. The van der Waals surface area contributed by atoms with Gasteiger partial charge in [-0.1, -0.05) is 5.46 Å². The average Bonchev–Trinajstić information content (AvgIpc) is 2.19. The van der Waals surface area contributed by atoms with Crippen molar-refractivity contribution in [2.75, 3.05) is 31.2 Å². The molecule has 0 aromatic carbocycles. The molecule has 1 aromatic heterocycles. The highest BCUT2D eigenvalue weighted by atomic mass is 16.5. The summed E-state index contributed by atoms with van der Waals surface area (Å²) in [5.74, 6) is 0. The summed E-state index contributed by atoms with van der Waals surface area (Å²) in [4.78, 5) is 6.28. The van der Waals surface area contributed by atoms with Crippen molar-refractivity contribution in [3.05, 3.63) is 18.5 Å². The normalized spacial score (nSPS) is 17.4. The molecule has 1 saturated heterocycles. The number of hydrogen-bond acceptors (Lipinski definition) is 3. The fourth-order valence-electron chi connectivity index (χ4n) is 1.44. The lowest BCUT2D eigenvalue weighted by Gasteiger charge is -2.28. The lowest BCUT2D eigenvalue weighted by atomic mass is 9.98. The van der Waals surface area contributed by atoms with Crippen molar-refractivity contribution < 1.29 is 4.74 Å². The predicted octanol–water partition coefficient (Wildman–Crippen LogP) is -0.288. The first kappa shape index (κ1) is 8.57. The lowest BCUT2D eigenvalue weighted by molar-refractivity contribution is 0.122. The van der Waals surface area contributed by atoms with Crippen LogP contribution in [0.4, 0.5) is 5.69 Å². The fraction of sp³-hybridized carbons (Fsp3) is 0.444. The molecule has 2 radical (unpaired) electrons. The maximum absolute atomic E-state index is 5.64. The molecular weight excluding hydrogens is 163 g/mol. The molecule has 0 spiro atoms. The van der Waals surface area contributed by atoms with Crippen molar-refractivity contribution in [1.82, 2.24) is 4.98 Å². The van der Waals surface area contributed by atoms with Gasteiger partial charge in [0, 0.05) is 19.3 Å². The number of anilines is 1. The Morgan fingerprint density at radius 2 is 2.08 bits per heavy atom. The third-order valence-electron chi connectivity index (χ3n) is 2.12. The van der Waals surface area contributed by atoms with E-state index in [1.54, 1.807) is 6.20 Å². The van der Waals surface area contributed by atoms with Crippen molar-refractivity contribution in [3.63, 3.8) is 0 Å². The zero-order valence-electron chi connectivity index (χ0n) is 7.44. The van der Waals surface area contributed by atoms with Gasteiger partial charge >= 0.3 is 0 Å². The van der Waals surface area contributed by atoms with E-state index in [9.17, 15) is 0 Å². The third kappa shape index (κ3) is 2.01. The summed E-state index contributed by atoms with van der Waals surface area (Å²) < 4.78 is 5.26. The van der Waals surface area contributed by atoms with Crippen LogP contribution in [-0.4, -0.2) is 39.1 Å². The van der Waals surface area contributed by atoms with E-state index in [4.69, 9.17) is 12.6 Å². The van der Waals surface area contributed by atoms with Gasteiger partial charge in [0.2, 0.25) is 0 Å². The molecule has 1 fully saturated rings. The number of pyridine rings is 1. The SMILES string of the molecule is [B]c1cncc(N2CCOCC2)c1. The molecule has 66 valence electrons. The molecule has 0 bridgehead atoms. The summed E-state index contributed by atoms with van der Waals surface area (Å²) in [5, 5.41) is 0. The first-order valence-corrected chi connectivity index (χ1v) is 4.39. The van der Waals surface area contributed by atoms with Gasteiger partial charge < -0.3 is 9.64 Å². The van der Waals surface area contributed by atoms with Gasteiger partial charge in [-0.3, -0.25) is 4.98 Å². The molecule has 13 heavy (non-hydrogen) atoms. The van der Waals surface area contributed by atoms with E-state index in [1.165, 1.54) is 0 Å². The van der Waals surface area contributed by atoms with Crippen LogP contribution in [0, 0.1) is 0 Å². The van der Waals surface area contributed by atoms with Gasteiger partial charge in [0.25, 0.3) is 0 Å². The molecule has 0 N–H and O–H groups in total. The molecule has 0 saturated carbocycles. The Hall–Kier alpha value is -1.03. The van der Waals surface area contributed by atoms with Gasteiger partial charge in [-0.25, -0.2) is 0 Å². The molecule has 0 amide bonds. The molecule has 0 unspecified atom stereocenters. The maximum atomic E-state index is 5.64. The van der Waals surface area contributed by atoms with Crippen LogP contribution in [0.5, 0.6) is 0 Å². The Morgan fingerprint density at radius 1 is 1.31 bits per heavy atom. The molecule has 1 aliphatic rings. The summed E-state index contributed by atoms with van der Waals surface area (Å²) in [6.07, 6.45) is 3.49. The van der Waals surface area contributed by atoms with Crippen LogP contribution in [0.15, 0.2) is 18.5 Å². The third-order valence-corrected chi connectivity index (χ3v) is 2.12. The van der Waals surface area contributed by atoms with E-state index in [2.05, 4.69) is 9.88 Å². The minimum absolute atomic E-state index is 0.712. The van der Waals surface area contributed by atoms with Gasteiger partial charge in [-0.2, -0.15) is 0 Å². The van der Waals surface area contributed by atoms with Gasteiger partial charge in [-0.05, 0) is 6.07 Å². The van der Waals surface area contributed by atoms with Crippen molar-refractivity contribution in [2.24, 2.45) is 0 Å². The predicted molar refractivity (Wildman–Crippen MR) is 52.7 cm³/mol. The molecule has 0 atom stereocenters. The van der Waals surface area contributed by atoms with Gasteiger partial charge in [-0.15, -0.1) is 0 Å². The highest BCUT2D eigenvalue weighted by Crippen LogP contribution is 2.11. The summed E-state index contributed by atoms with van der Waals surface area (Å²) in [6.45, 7) is 3.42. The summed E-state index contributed by atoms with van der Waals surface area (Å²) in [6, 6.07) is 1.94. The van der Waals surface area contributed by atoms with Crippen LogP contribution in [0.2, 0.25) is 0 Å². The van der Waals surface area contributed by atoms with E-state index in [0.29, 0.717) is 5.46 Å². The first-order valence-electron chi connectivity index (χ1n) is 4.39. The molecular formula is C9H11BN2O. The van der Waals surface area contributed by atoms with E-state index in [0.717, 1.165) is 32.0 Å².